The summed E-state index contributed by atoms with van der Waals surface area (Å²) in [6, 6.07) is 7.07. The highest BCUT2D eigenvalue weighted by Crippen LogP contribution is 2.31. The summed E-state index contributed by atoms with van der Waals surface area (Å²) in [6.07, 6.45) is 1.42. The summed E-state index contributed by atoms with van der Waals surface area (Å²) in [5.74, 6) is 1.67. The van der Waals surface area contributed by atoms with E-state index in [1.165, 1.54) is 6.33 Å². The molecule has 0 fully saturated rings. The van der Waals surface area contributed by atoms with Crippen LogP contribution in [0.5, 0.6) is 11.6 Å². The van der Waals surface area contributed by atoms with Gasteiger partial charge in [-0.05, 0) is 18.2 Å². The Morgan fingerprint density at radius 3 is 2.82 bits per heavy atom. The predicted octanol–water partition coefficient (Wildman–Crippen LogP) is 3.73. The number of nitrogens with zero attached hydrogens (tertiary/aromatic N) is 2. The first-order chi connectivity index (χ1) is 8.19. The topological polar surface area (TPSA) is 47.0 Å². The number of hydrogen-bond acceptors (Lipinski definition) is 4. The molecular weight excluding hydrogens is 305 g/mol. The Bertz CT molecular complexity index is 536. The predicted molar refractivity (Wildman–Crippen MR) is 70.8 cm³/mol. The van der Waals surface area contributed by atoms with Gasteiger partial charge < -0.3 is 10.1 Å². The largest absolute Gasteiger partial charge is 0.437 e. The molecule has 1 aromatic carbocycles. The molecular formula is C11H9BrClN3O. The van der Waals surface area contributed by atoms with E-state index in [4.69, 9.17) is 16.3 Å². The lowest BCUT2D eigenvalue weighted by Crippen LogP contribution is -1.95. The molecule has 88 valence electrons. The van der Waals surface area contributed by atoms with Gasteiger partial charge >= 0.3 is 0 Å². The van der Waals surface area contributed by atoms with Crippen LogP contribution in [-0.2, 0) is 0 Å². The molecule has 0 radical (unpaired) electrons. The zero-order chi connectivity index (χ0) is 12.3. The Morgan fingerprint density at radius 1 is 1.29 bits per heavy atom. The molecule has 6 heteroatoms. The number of halogens is 2. The quantitative estimate of drug-likeness (QED) is 0.938. The summed E-state index contributed by atoms with van der Waals surface area (Å²) in [5, 5.41) is 3.42. The van der Waals surface area contributed by atoms with Crippen LogP contribution in [0.3, 0.4) is 0 Å². The van der Waals surface area contributed by atoms with Crippen LogP contribution in [0.25, 0.3) is 0 Å². The maximum Gasteiger partial charge on any atom is 0.224 e. The SMILES string of the molecule is CNc1cc(Oc2ccc(Br)cc2Cl)ncn1. The average molecular weight is 315 g/mol. The number of benzene rings is 1. The van der Waals surface area contributed by atoms with E-state index in [1.54, 1.807) is 25.2 Å². The van der Waals surface area contributed by atoms with Crippen molar-refractivity contribution in [2.75, 3.05) is 12.4 Å². The van der Waals surface area contributed by atoms with Gasteiger partial charge in [0.05, 0.1) is 5.02 Å². The molecule has 0 atom stereocenters. The van der Waals surface area contributed by atoms with E-state index < -0.39 is 0 Å². The van der Waals surface area contributed by atoms with Gasteiger partial charge in [0.1, 0.15) is 17.9 Å². The Labute approximate surface area is 112 Å². The molecule has 0 aliphatic heterocycles. The molecule has 1 heterocycles. The van der Waals surface area contributed by atoms with Crippen molar-refractivity contribution in [3.05, 3.63) is 40.1 Å². The zero-order valence-electron chi connectivity index (χ0n) is 8.95. The van der Waals surface area contributed by atoms with Crippen molar-refractivity contribution in [2.24, 2.45) is 0 Å². The fourth-order valence-corrected chi connectivity index (χ4v) is 1.91. The van der Waals surface area contributed by atoms with E-state index in [2.05, 4.69) is 31.2 Å². The highest BCUT2D eigenvalue weighted by atomic mass is 79.9. The van der Waals surface area contributed by atoms with E-state index in [9.17, 15) is 0 Å². The highest BCUT2D eigenvalue weighted by molar-refractivity contribution is 9.10. The van der Waals surface area contributed by atoms with Gasteiger partial charge in [0.25, 0.3) is 0 Å². The maximum absolute atomic E-state index is 6.04. The minimum atomic E-state index is 0.438. The van der Waals surface area contributed by atoms with Crippen molar-refractivity contribution in [1.82, 2.24) is 9.97 Å². The van der Waals surface area contributed by atoms with Gasteiger partial charge in [-0.1, -0.05) is 27.5 Å². The van der Waals surface area contributed by atoms with E-state index in [0.717, 1.165) is 4.47 Å². The lowest BCUT2D eigenvalue weighted by Gasteiger charge is -2.07. The molecule has 17 heavy (non-hydrogen) atoms. The van der Waals surface area contributed by atoms with Gasteiger partial charge in [0.15, 0.2) is 0 Å². The maximum atomic E-state index is 6.04. The summed E-state index contributed by atoms with van der Waals surface area (Å²) in [5.41, 5.74) is 0. The van der Waals surface area contributed by atoms with Crippen LogP contribution in [-0.4, -0.2) is 17.0 Å². The van der Waals surface area contributed by atoms with E-state index >= 15 is 0 Å². The summed E-state index contributed by atoms with van der Waals surface area (Å²) in [6.45, 7) is 0. The molecule has 0 aliphatic carbocycles. The van der Waals surface area contributed by atoms with Crippen LogP contribution >= 0.6 is 27.5 Å². The van der Waals surface area contributed by atoms with E-state index in [-0.39, 0.29) is 0 Å². The van der Waals surface area contributed by atoms with Crippen LogP contribution in [0.2, 0.25) is 5.02 Å². The molecule has 0 aliphatic rings. The third-order valence-electron chi connectivity index (χ3n) is 2.01. The Morgan fingerprint density at radius 2 is 2.12 bits per heavy atom. The van der Waals surface area contributed by atoms with Gasteiger partial charge in [-0.2, -0.15) is 0 Å². The van der Waals surface area contributed by atoms with Crippen molar-refractivity contribution < 1.29 is 4.74 Å². The Kier molecular flexibility index (Phi) is 3.81. The van der Waals surface area contributed by atoms with Gasteiger partial charge in [0, 0.05) is 17.6 Å². The fourth-order valence-electron chi connectivity index (χ4n) is 1.20. The van der Waals surface area contributed by atoms with Crippen molar-refractivity contribution in [2.45, 2.75) is 0 Å². The second kappa shape index (κ2) is 5.33. The molecule has 0 spiro atoms. The summed E-state index contributed by atoms with van der Waals surface area (Å²) >= 11 is 9.37. The molecule has 4 nitrogen and oxygen atoms in total. The molecule has 1 aromatic heterocycles. The molecule has 2 rings (SSSR count). The van der Waals surface area contributed by atoms with Gasteiger partial charge in [-0.3, -0.25) is 0 Å². The second-order valence-electron chi connectivity index (χ2n) is 3.17. The summed E-state index contributed by atoms with van der Waals surface area (Å²) in [7, 11) is 1.78. The molecule has 0 unspecified atom stereocenters. The number of rotatable bonds is 3. The fraction of sp³-hybridized carbons (Fsp3) is 0.0909. The summed E-state index contributed by atoms with van der Waals surface area (Å²) < 4.78 is 6.46. The van der Waals surface area contributed by atoms with Gasteiger partial charge in [-0.25, -0.2) is 9.97 Å². The number of hydrogen-bond donors (Lipinski definition) is 1. The second-order valence-corrected chi connectivity index (χ2v) is 4.49. The van der Waals surface area contributed by atoms with Crippen LogP contribution in [0.15, 0.2) is 35.1 Å². The summed E-state index contributed by atoms with van der Waals surface area (Å²) in [4.78, 5) is 8.00. The molecule has 0 amide bonds. The number of aromatic nitrogens is 2. The Balaban J connectivity index is 2.25. The standard InChI is InChI=1S/C11H9BrClN3O/c1-14-10-5-11(16-6-15-10)17-9-3-2-7(12)4-8(9)13/h2-6H,1H3,(H,14,15,16). The average Bonchev–Trinajstić information content (AvgIpc) is 2.33. The lowest BCUT2D eigenvalue weighted by molar-refractivity contribution is 0.462. The van der Waals surface area contributed by atoms with Crippen molar-refractivity contribution in [1.29, 1.82) is 0 Å². The van der Waals surface area contributed by atoms with Crippen LogP contribution in [0.1, 0.15) is 0 Å². The molecule has 0 bridgehead atoms. The highest BCUT2D eigenvalue weighted by Gasteiger charge is 2.05. The number of nitrogens with one attached hydrogen (secondary N) is 1. The van der Waals surface area contributed by atoms with Crippen LogP contribution in [0, 0.1) is 0 Å². The number of anilines is 1. The van der Waals surface area contributed by atoms with Crippen LogP contribution in [0.4, 0.5) is 5.82 Å². The van der Waals surface area contributed by atoms with Crippen molar-refractivity contribution in [3.63, 3.8) is 0 Å². The molecule has 2 aromatic rings. The lowest BCUT2D eigenvalue weighted by atomic mass is 10.3. The first-order valence-corrected chi connectivity index (χ1v) is 5.99. The minimum Gasteiger partial charge on any atom is -0.437 e. The zero-order valence-corrected chi connectivity index (χ0v) is 11.3. The van der Waals surface area contributed by atoms with Gasteiger partial charge in [0.2, 0.25) is 5.88 Å². The van der Waals surface area contributed by atoms with E-state index in [1.807, 2.05) is 6.07 Å². The monoisotopic (exact) mass is 313 g/mol. The van der Waals surface area contributed by atoms with Gasteiger partial charge in [-0.15, -0.1) is 0 Å². The Hall–Kier alpha value is -1.33. The van der Waals surface area contributed by atoms with Crippen molar-refractivity contribution in [3.8, 4) is 11.6 Å². The third kappa shape index (κ3) is 3.08. The molecule has 0 saturated heterocycles. The normalized spacial score (nSPS) is 10.1. The minimum absolute atomic E-state index is 0.438. The van der Waals surface area contributed by atoms with E-state index in [0.29, 0.717) is 22.5 Å². The third-order valence-corrected chi connectivity index (χ3v) is 2.80. The first-order valence-electron chi connectivity index (χ1n) is 4.82. The molecule has 1 N–H and O–H groups in total. The smallest absolute Gasteiger partial charge is 0.224 e. The van der Waals surface area contributed by atoms with Crippen molar-refractivity contribution >= 4 is 33.3 Å². The first kappa shape index (κ1) is 12.1. The molecule has 0 saturated carbocycles. The number of ether oxygens (including phenoxy) is 1. The van der Waals surface area contributed by atoms with Crippen LogP contribution < -0.4 is 10.1 Å².